The summed E-state index contributed by atoms with van der Waals surface area (Å²) in [4.78, 5) is 27.5. The maximum absolute atomic E-state index is 13.3. The number of carbonyl (C=O) groups excluding carboxylic acids is 1. The van der Waals surface area contributed by atoms with E-state index in [4.69, 9.17) is 10.7 Å². The van der Waals surface area contributed by atoms with Crippen LogP contribution in [0.25, 0.3) is 28.0 Å². The number of pyridine rings is 1. The molecule has 4 aromatic heterocycles. The van der Waals surface area contributed by atoms with E-state index < -0.39 is 39.5 Å². The van der Waals surface area contributed by atoms with Gasteiger partial charge in [0.05, 0.1) is 17.6 Å². The number of H-pyrrole nitrogens is 1. The summed E-state index contributed by atoms with van der Waals surface area (Å²) in [6.45, 7) is 0. The van der Waals surface area contributed by atoms with Gasteiger partial charge in [0.2, 0.25) is 5.82 Å². The Kier molecular flexibility index (Phi) is 6.65. The fraction of sp³-hybridized carbons (Fsp3) is 0.310. The summed E-state index contributed by atoms with van der Waals surface area (Å²) in [5.74, 6) is -3.07. The second kappa shape index (κ2) is 10.4. The summed E-state index contributed by atoms with van der Waals surface area (Å²) >= 11 is 0. The van der Waals surface area contributed by atoms with Crippen molar-refractivity contribution in [3.8, 4) is 22.4 Å². The number of rotatable bonds is 5. The lowest BCUT2D eigenvalue weighted by atomic mass is 9.87. The van der Waals surface area contributed by atoms with Gasteiger partial charge in [0.25, 0.3) is 11.7 Å². The van der Waals surface area contributed by atoms with Crippen LogP contribution in [0.2, 0.25) is 0 Å². The Morgan fingerprint density at radius 1 is 1.00 bits per heavy atom. The largest absolute Gasteiger partial charge is 0.453 e. The van der Waals surface area contributed by atoms with E-state index in [2.05, 4.69) is 25.3 Å². The Bertz CT molecular complexity index is 2030. The first kappa shape index (κ1) is 28.9. The van der Waals surface area contributed by atoms with Crippen molar-refractivity contribution in [2.24, 2.45) is 0 Å². The third-order valence-electron chi connectivity index (χ3n) is 8.47. The van der Waals surface area contributed by atoms with E-state index in [1.165, 1.54) is 9.42 Å². The number of nitrogens with one attached hydrogen (secondary N) is 1. The molecular formula is C29H26F3N9O3S. The zero-order chi connectivity index (χ0) is 31.7. The molecule has 16 heteroatoms. The van der Waals surface area contributed by atoms with E-state index >= 15 is 0 Å². The normalized spacial score (nSPS) is 20.2. The number of hydrogen-bond donors (Lipinski definition) is 2. The molecule has 5 aromatic rings. The number of alkyl halides is 3. The van der Waals surface area contributed by atoms with Crippen LogP contribution in [0.5, 0.6) is 0 Å². The number of sulfone groups is 1. The number of benzene rings is 1. The molecular weight excluding hydrogens is 611 g/mol. The van der Waals surface area contributed by atoms with Crippen LogP contribution in [0.1, 0.15) is 53.7 Å². The third kappa shape index (κ3) is 4.98. The first-order chi connectivity index (χ1) is 21.4. The molecule has 0 spiro atoms. The molecule has 232 valence electrons. The summed E-state index contributed by atoms with van der Waals surface area (Å²) in [6, 6.07) is 12.7. The monoisotopic (exact) mass is 637 g/mol. The minimum Gasteiger partial charge on any atom is -0.382 e. The molecule has 1 aromatic carbocycles. The molecule has 1 unspecified atom stereocenters. The highest BCUT2D eigenvalue weighted by atomic mass is 32.2. The smallest absolute Gasteiger partial charge is 0.382 e. The summed E-state index contributed by atoms with van der Waals surface area (Å²) < 4.78 is 66.6. The van der Waals surface area contributed by atoms with Crippen molar-refractivity contribution in [3.05, 3.63) is 72.2 Å². The fourth-order valence-electron chi connectivity index (χ4n) is 6.55. The number of halogens is 3. The van der Waals surface area contributed by atoms with Gasteiger partial charge in [-0.1, -0.05) is 36.4 Å². The van der Waals surface area contributed by atoms with Gasteiger partial charge in [-0.2, -0.15) is 27.8 Å². The van der Waals surface area contributed by atoms with Crippen LogP contribution in [0, 0.1) is 0 Å². The van der Waals surface area contributed by atoms with Crippen molar-refractivity contribution in [1.29, 1.82) is 0 Å². The molecule has 45 heavy (non-hydrogen) atoms. The van der Waals surface area contributed by atoms with E-state index in [1.807, 2.05) is 42.5 Å². The number of nitrogens with zero attached hydrogens (tertiary/aromatic N) is 7. The van der Waals surface area contributed by atoms with Crippen molar-refractivity contribution >= 4 is 27.2 Å². The van der Waals surface area contributed by atoms with Gasteiger partial charge >= 0.3 is 6.18 Å². The molecule has 0 saturated carbocycles. The fourth-order valence-corrected chi connectivity index (χ4v) is 7.61. The quantitative estimate of drug-likeness (QED) is 0.288. The number of piperidine rings is 1. The molecule has 3 atom stereocenters. The van der Waals surface area contributed by atoms with Gasteiger partial charge in [-0.05, 0) is 31.7 Å². The molecule has 0 radical (unpaired) electrons. The van der Waals surface area contributed by atoms with Crippen molar-refractivity contribution in [1.82, 2.24) is 39.7 Å². The molecule has 2 aliphatic heterocycles. The average Bonchev–Trinajstić information content (AvgIpc) is 3.73. The Morgan fingerprint density at radius 3 is 2.31 bits per heavy atom. The van der Waals surface area contributed by atoms with Crippen molar-refractivity contribution in [3.63, 3.8) is 0 Å². The number of carbonyl (C=O) groups is 1. The molecule has 2 saturated heterocycles. The maximum Gasteiger partial charge on any atom is 0.453 e. The van der Waals surface area contributed by atoms with Crippen molar-refractivity contribution in [2.45, 2.75) is 54.8 Å². The summed E-state index contributed by atoms with van der Waals surface area (Å²) in [6.07, 6.45) is 1.38. The lowest BCUT2D eigenvalue weighted by molar-refractivity contribution is -0.144. The van der Waals surface area contributed by atoms with E-state index in [1.54, 1.807) is 12.4 Å². The van der Waals surface area contributed by atoms with Crippen LogP contribution in [-0.2, 0) is 16.0 Å². The van der Waals surface area contributed by atoms with Gasteiger partial charge in [-0.3, -0.25) is 14.9 Å². The number of hydrogen-bond acceptors (Lipinski definition) is 9. The van der Waals surface area contributed by atoms with Crippen LogP contribution < -0.4 is 5.73 Å². The highest BCUT2D eigenvalue weighted by Crippen LogP contribution is 2.46. The molecule has 7 rings (SSSR count). The van der Waals surface area contributed by atoms with Crippen molar-refractivity contribution < 1.29 is 26.4 Å². The second-order valence-electron chi connectivity index (χ2n) is 11.3. The van der Waals surface area contributed by atoms with Crippen LogP contribution in [0.15, 0.2) is 59.8 Å². The third-order valence-corrected chi connectivity index (χ3v) is 9.63. The van der Waals surface area contributed by atoms with Crippen molar-refractivity contribution in [2.75, 3.05) is 12.0 Å². The number of fused-ring (bicyclic) bond motifs is 3. The summed E-state index contributed by atoms with van der Waals surface area (Å²) in [7, 11) is -3.87. The van der Waals surface area contributed by atoms with E-state index in [0.29, 0.717) is 42.5 Å². The first-order valence-electron chi connectivity index (χ1n) is 14.1. The minimum absolute atomic E-state index is 0.0789. The predicted octanol–water partition coefficient (Wildman–Crippen LogP) is 4.13. The van der Waals surface area contributed by atoms with Gasteiger partial charge in [-0.15, -0.1) is 5.10 Å². The lowest BCUT2D eigenvalue weighted by Crippen LogP contribution is -2.46. The van der Waals surface area contributed by atoms with Gasteiger partial charge in [-0.25, -0.2) is 13.4 Å². The number of nitrogen functional groups attached to an aromatic ring is 1. The van der Waals surface area contributed by atoms with Gasteiger partial charge in [0, 0.05) is 47.1 Å². The SMILES string of the molecule is CS(=O)(=O)c1c(C2C[C@H]3CC[C@@H](C2)N3C(=O)c2nc(C(F)(F)F)n[nH]2)nc2c(-c3ccc(-c4ccccc4)nc3)cnn2c1N. The number of amides is 1. The molecule has 12 nitrogen and oxygen atoms in total. The van der Waals surface area contributed by atoms with Gasteiger partial charge < -0.3 is 10.6 Å². The van der Waals surface area contributed by atoms with Crippen LogP contribution >= 0.6 is 0 Å². The molecule has 2 aliphatic rings. The molecule has 1 amide bonds. The Morgan fingerprint density at radius 2 is 1.71 bits per heavy atom. The number of nitrogens with two attached hydrogens (primary N) is 1. The molecule has 6 heterocycles. The van der Waals surface area contributed by atoms with Crippen LogP contribution in [0.3, 0.4) is 0 Å². The summed E-state index contributed by atoms with van der Waals surface area (Å²) in [5, 5.41) is 9.62. The molecule has 2 bridgehead atoms. The number of aromatic nitrogens is 7. The summed E-state index contributed by atoms with van der Waals surface area (Å²) in [5.41, 5.74) is 10.2. The number of anilines is 1. The maximum atomic E-state index is 13.3. The Labute approximate surface area is 254 Å². The van der Waals surface area contributed by atoms with Crippen LogP contribution in [-0.4, -0.2) is 72.3 Å². The standard InChI is InChI=1S/C29H26F3N9O3S/c1-45(43,44)23-22(17-11-18-8-9-19(12-17)40(18)27(42)25-37-28(39-38-25)29(30,31)32)36-26-20(14-35-41(26)24(23)33)16-7-10-21(34-13-16)15-5-3-2-4-6-15/h2-7,10,13-14,17-19H,8-9,11-12,33H2,1H3,(H,37,38,39)/t17?,18-,19+. The minimum atomic E-state index is -4.79. The molecule has 3 N–H and O–H groups in total. The zero-order valence-electron chi connectivity index (χ0n) is 23.7. The van der Waals surface area contributed by atoms with E-state index in [-0.39, 0.29) is 28.5 Å². The van der Waals surface area contributed by atoms with E-state index in [9.17, 15) is 26.4 Å². The second-order valence-corrected chi connectivity index (χ2v) is 13.3. The molecule has 2 fully saturated rings. The van der Waals surface area contributed by atoms with Crippen LogP contribution in [0.4, 0.5) is 19.0 Å². The predicted molar refractivity (Wildman–Crippen MR) is 156 cm³/mol. The Hall–Kier alpha value is -4.86. The zero-order valence-corrected chi connectivity index (χ0v) is 24.5. The van der Waals surface area contributed by atoms with Gasteiger partial charge in [0.1, 0.15) is 10.7 Å². The topological polar surface area (TPSA) is 165 Å². The first-order valence-corrected chi connectivity index (χ1v) is 16.0. The lowest BCUT2D eigenvalue weighted by Gasteiger charge is -2.38. The average molecular weight is 638 g/mol. The highest BCUT2D eigenvalue weighted by Gasteiger charge is 2.47. The highest BCUT2D eigenvalue weighted by molar-refractivity contribution is 7.91. The Balaban J connectivity index is 1.24. The number of aromatic amines is 1. The van der Waals surface area contributed by atoms with Gasteiger partial charge in [0.15, 0.2) is 15.5 Å². The molecule has 0 aliphatic carbocycles. The van der Waals surface area contributed by atoms with E-state index in [0.717, 1.165) is 17.5 Å².